The van der Waals surface area contributed by atoms with Crippen molar-refractivity contribution >= 4 is 17.5 Å². The van der Waals surface area contributed by atoms with Gasteiger partial charge >= 0.3 is 0 Å². The Morgan fingerprint density at radius 1 is 1.33 bits per heavy atom. The Kier molecular flexibility index (Phi) is 4.09. The van der Waals surface area contributed by atoms with E-state index in [1.165, 1.54) is 18.2 Å². The molecule has 0 bridgehead atoms. The monoisotopic (exact) mass is 269 g/mol. The minimum absolute atomic E-state index is 0.00579. The molecule has 0 heterocycles. The molecule has 1 fully saturated rings. The van der Waals surface area contributed by atoms with E-state index in [4.69, 9.17) is 11.6 Å². The third kappa shape index (κ3) is 2.94. The highest BCUT2D eigenvalue weighted by Crippen LogP contribution is 2.23. The van der Waals surface area contributed by atoms with E-state index in [-0.39, 0.29) is 28.3 Å². The van der Waals surface area contributed by atoms with Crippen molar-refractivity contribution in [1.29, 1.82) is 0 Å². The van der Waals surface area contributed by atoms with E-state index in [2.05, 4.69) is 5.32 Å². The van der Waals surface area contributed by atoms with Gasteiger partial charge in [0.25, 0.3) is 5.91 Å². The Balaban J connectivity index is 2.09. The lowest BCUT2D eigenvalue weighted by Gasteiger charge is -2.28. The van der Waals surface area contributed by atoms with Crippen molar-refractivity contribution in [2.24, 2.45) is 0 Å². The highest BCUT2D eigenvalue weighted by atomic mass is 35.5. The first-order chi connectivity index (χ1) is 8.58. The highest BCUT2D eigenvalue weighted by Gasteiger charge is 2.25. The Hall–Kier alpha value is -1.26. The summed E-state index contributed by atoms with van der Waals surface area (Å²) in [5, 5.41) is 22.2. The maximum atomic E-state index is 12.0. The predicted octanol–water partition coefficient (Wildman–Crippen LogP) is 2.08. The number of rotatable bonds is 2. The van der Waals surface area contributed by atoms with Gasteiger partial charge in [0.15, 0.2) is 0 Å². The molecule has 2 unspecified atom stereocenters. The summed E-state index contributed by atoms with van der Waals surface area (Å²) in [5.74, 6) is -0.365. The Bertz CT molecular complexity index is 450. The van der Waals surface area contributed by atoms with Crippen LogP contribution >= 0.6 is 11.6 Å². The van der Waals surface area contributed by atoms with E-state index >= 15 is 0 Å². The lowest BCUT2D eigenvalue weighted by atomic mass is 9.92. The molecule has 0 aliphatic heterocycles. The number of benzene rings is 1. The van der Waals surface area contributed by atoms with Crippen LogP contribution in [0.5, 0.6) is 5.75 Å². The third-order valence-corrected chi connectivity index (χ3v) is 3.57. The van der Waals surface area contributed by atoms with Gasteiger partial charge in [0.05, 0.1) is 22.7 Å². The second-order valence-electron chi connectivity index (χ2n) is 4.60. The summed E-state index contributed by atoms with van der Waals surface area (Å²) in [6.45, 7) is 0. The van der Waals surface area contributed by atoms with Gasteiger partial charge in [0.1, 0.15) is 5.75 Å². The van der Waals surface area contributed by atoms with E-state index in [0.717, 1.165) is 19.3 Å². The van der Waals surface area contributed by atoms with Crippen molar-refractivity contribution in [3.63, 3.8) is 0 Å². The van der Waals surface area contributed by atoms with Gasteiger partial charge < -0.3 is 15.5 Å². The summed E-state index contributed by atoms with van der Waals surface area (Å²) in [6, 6.07) is 3.99. The number of halogens is 1. The number of aromatic hydroxyl groups is 1. The molecule has 1 aromatic rings. The van der Waals surface area contributed by atoms with Crippen molar-refractivity contribution < 1.29 is 15.0 Å². The van der Waals surface area contributed by atoms with Gasteiger partial charge in [-0.1, -0.05) is 24.4 Å². The number of carbonyl (C=O) groups excluding carboxylic acids is 1. The minimum atomic E-state index is -0.501. The van der Waals surface area contributed by atoms with Gasteiger partial charge in [-0.05, 0) is 31.0 Å². The molecule has 1 aliphatic carbocycles. The minimum Gasteiger partial charge on any atom is -0.508 e. The molecule has 0 aromatic heterocycles. The smallest absolute Gasteiger partial charge is 0.253 e. The standard InChI is InChI=1S/C13H16ClNO3/c14-10-6-5-8(16)7-9(10)13(18)15-11-3-1-2-4-12(11)17/h5-7,11-12,16-17H,1-4H2,(H,15,18). The van der Waals surface area contributed by atoms with Crippen LogP contribution in [0.15, 0.2) is 18.2 Å². The first-order valence-electron chi connectivity index (χ1n) is 6.05. The second-order valence-corrected chi connectivity index (χ2v) is 5.00. The summed E-state index contributed by atoms with van der Waals surface area (Å²) < 4.78 is 0. The number of aliphatic hydroxyl groups excluding tert-OH is 1. The summed E-state index contributed by atoms with van der Waals surface area (Å²) in [5.41, 5.74) is 0.231. The molecule has 0 radical (unpaired) electrons. The van der Waals surface area contributed by atoms with Crippen molar-refractivity contribution in [3.05, 3.63) is 28.8 Å². The van der Waals surface area contributed by atoms with Crippen LogP contribution in [-0.2, 0) is 0 Å². The number of phenolic OH excluding ortho intramolecular Hbond substituents is 1. The van der Waals surface area contributed by atoms with Crippen molar-refractivity contribution in [2.75, 3.05) is 0 Å². The molecule has 0 saturated heterocycles. The Morgan fingerprint density at radius 2 is 2.06 bits per heavy atom. The number of amides is 1. The molecule has 5 heteroatoms. The summed E-state index contributed by atoms with van der Waals surface area (Å²) >= 11 is 5.91. The van der Waals surface area contributed by atoms with Crippen LogP contribution in [0.4, 0.5) is 0 Å². The topological polar surface area (TPSA) is 69.6 Å². The van der Waals surface area contributed by atoms with E-state index in [0.29, 0.717) is 6.42 Å². The maximum absolute atomic E-state index is 12.0. The van der Waals surface area contributed by atoms with Crippen molar-refractivity contribution in [3.8, 4) is 5.75 Å². The van der Waals surface area contributed by atoms with E-state index < -0.39 is 6.10 Å². The second kappa shape index (κ2) is 5.59. The van der Waals surface area contributed by atoms with E-state index in [9.17, 15) is 15.0 Å². The number of aliphatic hydroxyl groups is 1. The SMILES string of the molecule is O=C(NC1CCCCC1O)c1cc(O)ccc1Cl. The summed E-state index contributed by atoms with van der Waals surface area (Å²) in [7, 11) is 0. The molecular formula is C13H16ClNO3. The predicted molar refractivity (Wildman–Crippen MR) is 68.8 cm³/mol. The highest BCUT2D eigenvalue weighted by molar-refractivity contribution is 6.33. The van der Waals surface area contributed by atoms with E-state index in [1.807, 2.05) is 0 Å². The number of hydrogen-bond donors (Lipinski definition) is 3. The lowest BCUT2D eigenvalue weighted by Crippen LogP contribution is -2.45. The number of hydrogen-bond acceptors (Lipinski definition) is 3. The van der Waals surface area contributed by atoms with Crippen LogP contribution in [0.1, 0.15) is 36.0 Å². The normalized spacial score (nSPS) is 23.7. The fraction of sp³-hybridized carbons (Fsp3) is 0.462. The van der Waals surface area contributed by atoms with Gasteiger partial charge in [-0.2, -0.15) is 0 Å². The first kappa shape index (κ1) is 13.2. The average molecular weight is 270 g/mol. The number of carbonyl (C=O) groups is 1. The van der Waals surface area contributed by atoms with Crippen molar-refractivity contribution in [1.82, 2.24) is 5.32 Å². The largest absolute Gasteiger partial charge is 0.508 e. The van der Waals surface area contributed by atoms with Gasteiger partial charge in [-0.15, -0.1) is 0 Å². The number of nitrogens with one attached hydrogen (secondary N) is 1. The fourth-order valence-electron chi connectivity index (χ4n) is 2.21. The zero-order valence-corrected chi connectivity index (χ0v) is 10.7. The molecule has 1 saturated carbocycles. The lowest BCUT2D eigenvalue weighted by molar-refractivity contribution is 0.0717. The van der Waals surface area contributed by atoms with Gasteiger partial charge in [-0.3, -0.25) is 4.79 Å². The fourth-order valence-corrected chi connectivity index (χ4v) is 2.42. The van der Waals surface area contributed by atoms with Gasteiger partial charge in [-0.25, -0.2) is 0 Å². The summed E-state index contributed by atoms with van der Waals surface area (Å²) in [6.07, 6.45) is 2.96. The summed E-state index contributed by atoms with van der Waals surface area (Å²) in [4.78, 5) is 12.0. The number of phenols is 1. The van der Waals surface area contributed by atoms with Crippen LogP contribution in [0.25, 0.3) is 0 Å². The first-order valence-corrected chi connectivity index (χ1v) is 6.43. The molecular weight excluding hydrogens is 254 g/mol. The molecule has 3 N–H and O–H groups in total. The molecule has 1 aliphatic rings. The van der Waals surface area contributed by atoms with Crippen LogP contribution in [-0.4, -0.2) is 28.3 Å². The zero-order valence-electron chi connectivity index (χ0n) is 9.90. The van der Waals surface area contributed by atoms with Gasteiger partial charge in [0, 0.05) is 0 Å². The average Bonchev–Trinajstić information content (AvgIpc) is 2.35. The molecule has 0 spiro atoms. The van der Waals surface area contributed by atoms with Gasteiger partial charge in [0.2, 0.25) is 0 Å². The molecule has 98 valence electrons. The van der Waals surface area contributed by atoms with Crippen molar-refractivity contribution in [2.45, 2.75) is 37.8 Å². The quantitative estimate of drug-likeness (QED) is 0.770. The molecule has 18 heavy (non-hydrogen) atoms. The molecule has 2 atom stereocenters. The Labute approximate surface area is 111 Å². The molecule has 1 amide bonds. The maximum Gasteiger partial charge on any atom is 0.253 e. The van der Waals surface area contributed by atoms with Crippen LogP contribution in [0, 0.1) is 0 Å². The molecule has 4 nitrogen and oxygen atoms in total. The zero-order chi connectivity index (χ0) is 13.1. The third-order valence-electron chi connectivity index (χ3n) is 3.24. The molecule has 2 rings (SSSR count). The van der Waals surface area contributed by atoms with Crippen LogP contribution in [0.2, 0.25) is 5.02 Å². The molecule has 1 aromatic carbocycles. The van der Waals surface area contributed by atoms with Crippen LogP contribution in [0.3, 0.4) is 0 Å². The van der Waals surface area contributed by atoms with E-state index in [1.54, 1.807) is 0 Å². The Morgan fingerprint density at radius 3 is 2.78 bits per heavy atom. The van der Waals surface area contributed by atoms with Crippen LogP contribution < -0.4 is 5.32 Å².